The quantitative estimate of drug-likeness (QED) is 0.864. The number of nitrogens with zero attached hydrogens (tertiary/aromatic N) is 3. The Hall–Kier alpha value is -2.99. The van der Waals surface area contributed by atoms with E-state index in [-0.39, 0.29) is 11.4 Å². The summed E-state index contributed by atoms with van der Waals surface area (Å²) in [6, 6.07) is 19.4. The standard InChI is InChI=1S/C19H14N4OS/c20-17-15(11-13-7-3-1-4-8-13)18(24)21-19-23(17)22-16(25-19)12-14-9-5-2-6-10-14/h1-11,20H,12H2. The first-order valence-corrected chi connectivity index (χ1v) is 8.60. The molecule has 1 N–H and O–H groups in total. The third-order valence-corrected chi connectivity index (χ3v) is 4.71. The Bertz CT molecular complexity index is 932. The highest BCUT2D eigenvalue weighted by atomic mass is 32.2. The summed E-state index contributed by atoms with van der Waals surface area (Å²) >= 11 is 1.34. The fraction of sp³-hybridized carbons (Fsp3) is 0.0526. The lowest BCUT2D eigenvalue weighted by atomic mass is 10.1. The highest BCUT2D eigenvalue weighted by Crippen LogP contribution is 2.29. The average Bonchev–Trinajstić information content (AvgIpc) is 3.03. The molecule has 4 rings (SSSR count). The molecule has 122 valence electrons. The first kappa shape index (κ1) is 15.5. The van der Waals surface area contributed by atoms with Gasteiger partial charge in [0.15, 0.2) is 5.84 Å². The van der Waals surface area contributed by atoms with Crippen LogP contribution in [0.5, 0.6) is 0 Å². The van der Waals surface area contributed by atoms with Gasteiger partial charge in [0.25, 0.3) is 5.91 Å². The molecule has 0 spiro atoms. The lowest BCUT2D eigenvalue weighted by molar-refractivity contribution is -0.114. The zero-order valence-corrected chi connectivity index (χ0v) is 14.0. The van der Waals surface area contributed by atoms with Crippen LogP contribution in [0.3, 0.4) is 0 Å². The number of carbonyl (C=O) groups excluding carboxylic acids is 1. The van der Waals surface area contributed by atoms with E-state index in [2.05, 4.69) is 10.1 Å². The van der Waals surface area contributed by atoms with Gasteiger partial charge >= 0.3 is 0 Å². The van der Waals surface area contributed by atoms with E-state index in [1.807, 2.05) is 60.7 Å². The summed E-state index contributed by atoms with van der Waals surface area (Å²) in [6.07, 6.45) is 2.33. The van der Waals surface area contributed by atoms with E-state index in [0.717, 1.165) is 16.2 Å². The van der Waals surface area contributed by atoms with Crippen LogP contribution >= 0.6 is 11.8 Å². The summed E-state index contributed by atoms with van der Waals surface area (Å²) in [6.45, 7) is 0. The third-order valence-electron chi connectivity index (χ3n) is 3.81. The van der Waals surface area contributed by atoms with Crippen LogP contribution in [0.4, 0.5) is 0 Å². The van der Waals surface area contributed by atoms with Gasteiger partial charge in [-0.05, 0) is 29.0 Å². The Kier molecular flexibility index (Phi) is 4.03. The summed E-state index contributed by atoms with van der Waals surface area (Å²) in [4.78, 5) is 16.4. The van der Waals surface area contributed by atoms with Crippen LogP contribution in [0.1, 0.15) is 11.1 Å². The second-order valence-corrected chi connectivity index (χ2v) is 6.63. The molecule has 0 unspecified atom stereocenters. The maximum Gasteiger partial charge on any atom is 0.283 e. The molecule has 2 heterocycles. The Morgan fingerprint density at radius 2 is 1.72 bits per heavy atom. The zero-order valence-electron chi connectivity index (χ0n) is 13.2. The number of thioether (sulfide) groups is 1. The van der Waals surface area contributed by atoms with Gasteiger partial charge in [-0.3, -0.25) is 10.2 Å². The van der Waals surface area contributed by atoms with Crippen LogP contribution in [-0.4, -0.2) is 27.0 Å². The number of hydrogen-bond donors (Lipinski definition) is 1. The molecule has 0 aliphatic carbocycles. The molecule has 2 aromatic carbocycles. The van der Waals surface area contributed by atoms with Crippen molar-refractivity contribution in [2.45, 2.75) is 6.42 Å². The van der Waals surface area contributed by atoms with Crippen molar-refractivity contribution in [2.24, 2.45) is 10.1 Å². The molecule has 1 amide bonds. The molecule has 0 bridgehead atoms. The number of amidine groups is 2. The van der Waals surface area contributed by atoms with Gasteiger partial charge in [-0.15, -0.1) is 0 Å². The van der Waals surface area contributed by atoms with Crippen molar-refractivity contribution in [1.82, 2.24) is 5.01 Å². The smallest absolute Gasteiger partial charge is 0.282 e. The predicted molar refractivity (Wildman–Crippen MR) is 102 cm³/mol. The molecule has 25 heavy (non-hydrogen) atoms. The van der Waals surface area contributed by atoms with Crippen molar-refractivity contribution in [2.75, 3.05) is 0 Å². The molecule has 5 nitrogen and oxygen atoms in total. The lowest BCUT2D eigenvalue weighted by Crippen LogP contribution is -2.35. The van der Waals surface area contributed by atoms with Crippen molar-refractivity contribution in [3.8, 4) is 0 Å². The SMILES string of the molecule is N=C1C(=Cc2ccccc2)C(=O)N=C2SC(Cc3ccccc3)=NN12. The van der Waals surface area contributed by atoms with Gasteiger partial charge in [-0.2, -0.15) is 15.1 Å². The van der Waals surface area contributed by atoms with E-state index in [1.165, 1.54) is 16.8 Å². The Labute approximate surface area is 149 Å². The van der Waals surface area contributed by atoms with Gasteiger partial charge in [-0.25, -0.2) is 0 Å². The number of hydrogen-bond acceptors (Lipinski definition) is 4. The van der Waals surface area contributed by atoms with Gasteiger partial charge < -0.3 is 0 Å². The van der Waals surface area contributed by atoms with Crippen LogP contribution in [0.15, 0.2) is 76.3 Å². The normalized spacial score (nSPS) is 18.2. The minimum atomic E-state index is -0.399. The Balaban J connectivity index is 1.61. The van der Waals surface area contributed by atoms with Crippen molar-refractivity contribution in [3.05, 3.63) is 77.4 Å². The molecule has 0 saturated carbocycles. The highest BCUT2D eigenvalue weighted by Gasteiger charge is 2.35. The average molecular weight is 346 g/mol. The van der Waals surface area contributed by atoms with Crippen LogP contribution in [-0.2, 0) is 11.2 Å². The number of rotatable bonds is 3. The van der Waals surface area contributed by atoms with E-state index in [0.29, 0.717) is 11.6 Å². The summed E-state index contributed by atoms with van der Waals surface area (Å²) in [7, 11) is 0. The van der Waals surface area contributed by atoms with Crippen LogP contribution in [0.25, 0.3) is 6.08 Å². The molecule has 2 aliphatic rings. The first-order chi connectivity index (χ1) is 12.2. The maximum absolute atomic E-state index is 12.3. The highest BCUT2D eigenvalue weighted by molar-refractivity contribution is 8.26. The monoisotopic (exact) mass is 346 g/mol. The van der Waals surface area contributed by atoms with E-state index < -0.39 is 5.91 Å². The van der Waals surface area contributed by atoms with Crippen molar-refractivity contribution in [3.63, 3.8) is 0 Å². The minimum absolute atomic E-state index is 0.0643. The van der Waals surface area contributed by atoms with Crippen LogP contribution in [0, 0.1) is 5.41 Å². The molecular formula is C19H14N4OS. The number of nitrogens with one attached hydrogen (secondary N) is 1. The van der Waals surface area contributed by atoms with Gasteiger partial charge in [-0.1, -0.05) is 60.7 Å². The molecule has 2 aromatic rings. The summed E-state index contributed by atoms with van der Waals surface area (Å²) in [5.74, 6) is -0.335. The van der Waals surface area contributed by atoms with E-state index >= 15 is 0 Å². The van der Waals surface area contributed by atoms with Crippen molar-refractivity contribution < 1.29 is 4.79 Å². The van der Waals surface area contributed by atoms with E-state index in [4.69, 9.17) is 5.41 Å². The van der Waals surface area contributed by atoms with Crippen LogP contribution in [0.2, 0.25) is 0 Å². The number of hydrazone groups is 1. The van der Waals surface area contributed by atoms with Gasteiger partial charge in [0, 0.05) is 6.42 Å². The number of benzene rings is 2. The number of amides is 1. The second kappa shape index (κ2) is 6.49. The molecule has 6 heteroatoms. The number of aliphatic imine (C=N–C) groups is 1. The molecule has 0 radical (unpaired) electrons. The zero-order chi connectivity index (χ0) is 17.2. The number of fused-ring (bicyclic) bond motifs is 1. The fourth-order valence-corrected chi connectivity index (χ4v) is 3.51. The molecular weight excluding hydrogens is 332 g/mol. The first-order valence-electron chi connectivity index (χ1n) is 7.79. The van der Waals surface area contributed by atoms with E-state index in [9.17, 15) is 4.79 Å². The maximum atomic E-state index is 12.3. The lowest BCUT2D eigenvalue weighted by Gasteiger charge is -2.20. The molecule has 2 aliphatic heterocycles. The Morgan fingerprint density at radius 1 is 1.04 bits per heavy atom. The van der Waals surface area contributed by atoms with Gasteiger partial charge in [0.1, 0.15) is 5.04 Å². The molecule has 0 fully saturated rings. The minimum Gasteiger partial charge on any atom is -0.282 e. The third kappa shape index (κ3) is 3.16. The molecule has 0 saturated heterocycles. The van der Waals surface area contributed by atoms with Crippen molar-refractivity contribution in [1.29, 1.82) is 5.41 Å². The van der Waals surface area contributed by atoms with Crippen LogP contribution < -0.4 is 0 Å². The summed E-state index contributed by atoms with van der Waals surface area (Å²) in [5, 5.41) is 15.6. The summed E-state index contributed by atoms with van der Waals surface area (Å²) in [5.41, 5.74) is 2.24. The Morgan fingerprint density at radius 3 is 2.44 bits per heavy atom. The second-order valence-electron chi connectivity index (χ2n) is 5.59. The molecule has 0 aromatic heterocycles. The fourth-order valence-electron chi connectivity index (χ4n) is 2.59. The van der Waals surface area contributed by atoms with Gasteiger partial charge in [0.2, 0.25) is 5.17 Å². The predicted octanol–water partition coefficient (Wildman–Crippen LogP) is 3.55. The van der Waals surface area contributed by atoms with Crippen molar-refractivity contribution >= 4 is 39.8 Å². The van der Waals surface area contributed by atoms with E-state index in [1.54, 1.807) is 6.08 Å². The topological polar surface area (TPSA) is 68.9 Å². The summed E-state index contributed by atoms with van der Waals surface area (Å²) < 4.78 is 0. The largest absolute Gasteiger partial charge is 0.283 e. The molecule has 0 atom stereocenters. The number of carbonyl (C=O) groups is 1. The van der Waals surface area contributed by atoms with Gasteiger partial charge in [0.05, 0.1) is 5.57 Å².